The lowest BCUT2D eigenvalue weighted by Crippen LogP contribution is -2.67. The fourth-order valence-electron chi connectivity index (χ4n) is 3.18. The Labute approximate surface area is 108 Å². The van der Waals surface area contributed by atoms with Gasteiger partial charge in [0.25, 0.3) is 0 Å². The van der Waals surface area contributed by atoms with E-state index in [1.165, 1.54) is 12.8 Å². The smallest absolute Gasteiger partial charge is 0.305 e. The number of aliphatic carboxylic acids is 1. The summed E-state index contributed by atoms with van der Waals surface area (Å²) in [6.07, 6.45) is 4.31. The Morgan fingerprint density at radius 3 is 2.61 bits per heavy atom. The topological polar surface area (TPSA) is 69.6 Å². The van der Waals surface area contributed by atoms with Crippen molar-refractivity contribution in [3.05, 3.63) is 0 Å². The molecule has 18 heavy (non-hydrogen) atoms. The molecular formula is C13H22N2O3. The molecule has 1 saturated carbocycles. The van der Waals surface area contributed by atoms with Crippen LogP contribution in [0.15, 0.2) is 0 Å². The van der Waals surface area contributed by atoms with Gasteiger partial charge in [0.1, 0.15) is 0 Å². The van der Waals surface area contributed by atoms with Gasteiger partial charge in [-0.1, -0.05) is 12.8 Å². The van der Waals surface area contributed by atoms with Crippen molar-refractivity contribution in [3.8, 4) is 0 Å². The van der Waals surface area contributed by atoms with Crippen LogP contribution in [0.3, 0.4) is 0 Å². The molecule has 5 nitrogen and oxygen atoms in total. The molecule has 2 aliphatic rings. The summed E-state index contributed by atoms with van der Waals surface area (Å²) >= 11 is 0. The molecule has 0 radical (unpaired) electrons. The summed E-state index contributed by atoms with van der Waals surface area (Å²) < 4.78 is 0. The average molecular weight is 254 g/mol. The Balaban J connectivity index is 2.15. The van der Waals surface area contributed by atoms with E-state index in [1.54, 1.807) is 0 Å². The van der Waals surface area contributed by atoms with E-state index >= 15 is 0 Å². The van der Waals surface area contributed by atoms with Crippen LogP contribution < -0.4 is 5.32 Å². The number of nitrogens with zero attached hydrogens (tertiary/aromatic N) is 1. The fraction of sp³-hybridized carbons (Fsp3) is 0.846. The average Bonchev–Trinajstić information content (AvgIpc) is 2.75. The summed E-state index contributed by atoms with van der Waals surface area (Å²) in [5.41, 5.74) is -0.221. The third-order valence-corrected chi connectivity index (χ3v) is 4.04. The van der Waals surface area contributed by atoms with Gasteiger partial charge in [-0.25, -0.2) is 0 Å². The lowest BCUT2D eigenvalue weighted by Gasteiger charge is -2.48. The maximum absolute atomic E-state index is 12.5. The Morgan fingerprint density at radius 1 is 1.44 bits per heavy atom. The molecule has 1 heterocycles. The van der Waals surface area contributed by atoms with Crippen molar-refractivity contribution in [2.75, 3.05) is 6.54 Å². The molecule has 0 aromatic heterocycles. The normalized spacial score (nSPS) is 28.7. The molecule has 0 aromatic carbocycles. The third-order valence-electron chi connectivity index (χ3n) is 4.04. The summed E-state index contributed by atoms with van der Waals surface area (Å²) in [6.45, 7) is 4.76. The van der Waals surface area contributed by atoms with Crippen LogP contribution in [0.4, 0.5) is 0 Å². The first-order chi connectivity index (χ1) is 8.42. The van der Waals surface area contributed by atoms with Gasteiger partial charge in [-0.2, -0.15) is 0 Å². The zero-order chi connectivity index (χ0) is 13.3. The van der Waals surface area contributed by atoms with E-state index in [-0.39, 0.29) is 17.9 Å². The van der Waals surface area contributed by atoms with Crippen molar-refractivity contribution in [1.82, 2.24) is 10.2 Å². The zero-order valence-corrected chi connectivity index (χ0v) is 11.1. The van der Waals surface area contributed by atoms with Crippen LogP contribution in [0.25, 0.3) is 0 Å². The molecule has 1 saturated heterocycles. The van der Waals surface area contributed by atoms with E-state index in [0.717, 1.165) is 12.8 Å². The van der Waals surface area contributed by atoms with Gasteiger partial charge in [0.15, 0.2) is 0 Å². The molecule has 0 spiro atoms. The Kier molecular flexibility index (Phi) is 3.61. The van der Waals surface area contributed by atoms with E-state index in [9.17, 15) is 9.59 Å². The van der Waals surface area contributed by atoms with Gasteiger partial charge in [-0.05, 0) is 26.7 Å². The molecule has 1 aliphatic heterocycles. The molecule has 5 heteroatoms. The molecule has 1 atom stereocenters. The summed E-state index contributed by atoms with van der Waals surface area (Å²) in [5.74, 6) is -0.965. The Bertz CT molecular complexity index is 348. The lowest BCUT2D eigenvalue weighted by atomic mass is 9.92. The largest absolute Gasteiger partial charge is 0.481 e. The van der Waals surface area contributed by atoms with Gasteiger partial charge in [-0.3, -0.25) is 9.59 Å². The second-order valence-electron chi connectivity index (χ2n) is 5.99. The molecule has 1 unspecified atom stereocenters. The highest BCUT2D eigenvalue weighted by Gasteiger charge is 2.44. The van der Waals surface area contributed by atoms with Crippen LogP contribution in [-0.2, 0) is 9.59 Å². The molecule has 2 fully saturated rings. The van der Waals surface area contributed by atoms with Crippen molar-refractivity contribution in [2.24, 2.45) is 0 Å². The van der Waals surface area contributed by atoms with E-state index in [1.807, 2.05) is 18.7 Å². The number of carboxylic acids is 1. The first kappa shape index (κ1) is 13.3. The van der Waals surface area contributed by atoms with Crippen molar-refractivity contribution in [2.45, 2.75) is 63.6 Å². The number of rotatable bonds is 3. The minimum Gasteiger partial charge on any atom is -0.481 e. The Hall–Kier alpha value is -1.10. The van der Waals surface area contributed by atoms with Gasteiger partial charge >= 0.3 is 5.97 Å². The maximum Gasteiger partial charge on any atom is 0.305 e. The van der Waals surface area contributed by atoms with Gasteiger partial charge < -0.3 is 15.3 Å². The highest BCUT2D eigenvalue weighted by atomic mass is 16.4. The SMILES string of the molecule is CC1(C)CNC(CC(=O)O)C(=O)N1C1CCCC1. The number of carboxylic acid groups (broad SMARTS) is 1. The summed E-state index contributed by atoms with van der Waals surface area (Å²) in [7, 11) is 0. The molecular weight excluding hydrogens is 232 g/mol. The minimum absolute atomic E-state index is 0.0412. The quantitative estimate of drug-likeness (QED) is 0.788. The standard InChI is InChI=1S/C13H22N2O3/c1-13(2)8-14-10(7-11(16)17)12(18)15(13)9-5-3-4-6-9/h9-10,14H,3-8H2,1-2H3,(H,16,17). The zero-order valence-electron chi connectivity index (χ0n) is 11.1. The number of hydrogen-bond acceptors (Lipinski definition) is 3. The number of amides is 1. The van der Waals surface area contributed by atoms with Crippen LogP contribution in [0.2, 0.25) is 0 Å². The molecule has 2 rings (SSSR count). The van der Waals surface area contributed by atoms with Crippen LogP contribution in [0, 0.1) is 0 Å². The van der Waals surface area contributed by atoms with Crippen LogP contribution in [0.1, 0.15) is 46.0 Å². The maximum atomic E-state index is 12.5. The van der Waals surface area contributed by atoms with Crippen molar-refractivity contribution >= 4 is 11.9 Å². The number of carbonyl (C=O) groups excluding carboxylic acids is 1. The summed E-state index contributed by atoms with van der Waals surface area (Å²) in [6, 6.07) is -0.262. The predicted molar refractivity (Wildman–Crippen MR) is 67.2 cm³/mol. The van der Waals surface area contributed by atoms with E-state index < -0.39 is 12.0 Å². The fourth-order valence-corrected chi connectivity index (χ4v) is 3.18. The Morgan fingerprint density at radius 2 is 2.06 bits per heavy atom. The van der Waals surface area contributed by atoms with Gasteiger partial charge in [-0.15, -0.1) is 0 Å². The van der Waals surface area contributed by atoms with Crippen molar-refractivity contribution in [1.29, 1.82) is 0 Å². The monoisotopic (exact) mass is 254 g/mol. The third kappa shape index (κ3) is 2.51. The molecule has 2 N–H and O–H groups in total. The van der Waals surface area contributed by atoms with E-state index in [4.69, 9.17) is 5.11 Å². The van der Waals surface area contributed by atoms with Crippen molar-refractivity contribution < 1.29 is 14.7 Å². The number of nitrogens with one attached hydrogen (secondary N) is 1. The van der Waals surface area contributed by atoms with Crippen molar-refractivity contribution in [3.63, 3.8) is 0 Å². The minimum atomic E-state index is -0.924. The van der Waals surface area contributed by atoms with E-state index in [0.29, 0.717) is 12.6 Å². The van der Waals surface area contributed by atoms with Crippen LogP contribution in [0.5, 0.6) is 0 Å². The first-order valence-electron chi connectivity index (χ1n) is 6.70. The predicted octanol–water partition coefficient (Wildman–Crippen LogP) is 0.983. The van der Waals surface area contributed by atoms with Gasteiger partial charge in [0.05, 0.1) is 18.0 Å². The molecule has 0 bridgehead atoms. The number of hydrogen-bond donors (Lipinski definition) is 2. The second kappa shape index (κ2) is 4.88. The lowest BCUT2D eigenvalue weighted by molar-refractivity contribution is -0.151. The summed E-state index contributed by atoms with van der Waals surface area (Å²) in [4.78, 5) is 25.2. The number of carbonyl (C=O) groups is 2. The number of piperazine rings is 1. The van der Waals surface area contributed by atoms with Gasteiger partial charge in [0, 0.05) is 12.6 Å². The highest BCUT2D eigenvalue weighted by Crippen LogP contribution is 2.32. The molecule has 1 amide bonds. The van der Waals surface area contributed by atoms with Crippen LogP contribution in [-0.4, -0.2) is 46.1 Å². The summed E-state index contributed by atoms with van der Waals surface area (Å²) in [5, 5.41) is 11.9. The molecule has 0 aromatic rings. The van der Waals surface area contributed by atoms with Gasteiger partial charge in [0.2, 0.25) is 5.91 Å². The van der Waals surface area contributed by atoms with Crippen LogP contribution >= 0.6 is 0 Å². The van der Waals surface area contributed by atoms with E-state index in [2.05, 4.69) is 5.32 Å². The molecule has 1 aliphatic carbocycles. The first-order valence-corrected chi connectivity index (χ1v) is 6.70. The second-order valence-corrected chi connectivity index (χ2v) is 5.99. The highest BCUT2D eigenvalue weighted by molar-refractivity contribution is 5.87. The molecule has 102 valence electrons.